The van der Waals surface area contributed by atoms with Crippen molar-refractivity contribution >= 4 is 17.5 Å². The van der Waals surface area contributed by atoms with Crippen molar-refractivity contribution < 1.29 is 4.79 Å². The molecule has 0 saturated carbocycles. The molecule has 1 amide bonds. The van der Waals surface area contributed by atoms with Gasteiger partial charge in [-0.3, -0.25) is 9.78 Å². The molecule has 15 heavy (non-hydrogen) atoms. The first-order valence-corrected chi connectivity index (χ1v) is 5.47. The smallest absolute Gasteiger partial charge is 0.255 e. The molecule has 0 saturated heterocycles. The van der Waals surface area contributed by atoms with E-state index in [2.05, 4.69) is 4.98 Å². The zero-order valence-electron chi connectivity index (χ0n) is 9.03. The molecule has 0 aliphatic heterocycles. The Balaban J connectivity index is 2.88. The molecule has 0 radical (unpaired) electrons. The lowest BCUT2D eigenvalue weighted by Gasteiger charge is -2.20. The summed E-state index contributed by atoms with van der Waals surface area (Å²) >= 11 is 5.91. The molecule has 1 aromatic heterocycles. The monoisotopic (exact) mass is 226 g/mol. The molecule has 1 heterocycles. The summed E-state index contributed by atoms with van der Waals surface area (Å²) < 4.78 is 0. The van der Waals surface area contributed by atoms with Crippen molar-refractivity contribution in [1.29, 1.82) is 0 Å². The highest BCUT2D eigenvalue weighted by atomic mass is 35.5. The molecule has 0 bridgehead atoms. The van der Waals surface area contributed by atoms with E-state index >= 15 is 0 Å². The maximum Gasteiger partial charge on any atom is 0.255 e. The van der Waals surface area contributed by atoms with Crippen molar-refractivity contribution in [2.45, 2.75) is 20.3 Å². The Labute approximate surface area is 95.1 Å². The van der Waals surface area contributed by atoms with Crippen LogP contribution in [0.15, 0.2) is 18.5 Å². The van der Waals surface area contributed by atoms with Crippen molar-refractivity contribution in [2.75, 3.05) is 13.1 Å². The number of aromatic nitrogens is 1. The van der Waals surface area contributed by atoms with Gasteiger partial charge in [0.05, 0.1) is 10.6 Å². The average molecular weight is 227 g/mol. The van der Waals surface area contributed by atoms with Gasteiger partial charge in [0.1, 0.15) is 0 Å². The van der Waals surface area contributed by atoms with Crippen LogP contribution < -0.4 is 0 Å². The molecule has 3 nitrogen and oxygen atoms in total. The first-order valence-electron chi connectivity index (χ1n) is 5.09. The lowest BCUT2D eigenvalue weighted by Crippen LogP contribution is -2.31. The van der Waals surface area contributed by atoms with Crippen LogP contribution in [-0.2, 0) is 0 Å². The Kier molecular flexibility index (Phi) is 4.56. The second-order valence-electron chi connectivity index (χ2n) is 3.24. The zero-order valence-corrected chi connectivity index (χ0v) is 9.79. The van der Waals surface area contributed by atoms with Gasteiger partial charge in [-0.05, 0) is 19.4 Å². The van der Waals surface area contributed by atoms with E-state index < -0.39 is 0 Å². The minimum atomic E-state index is -0.0215. The Morgan fingerprint density at radius 3 is 2.80 bits per heavy atom. The number of rotatable bonds is 4. The number of amides is 1. The van der Waals surface area contributed by atoms with Crippen LogP contribution in [0.3, 0.4) is 0 Å². The molecule has 1 rings (SSSR count). The third kappa shape index (κ3) is 2.93. The predicted octanol–water partition coefficient (Wildman–Crippen LogP) is 2.61. The van der Waals surface area contributed by atoms with Crippen LogP contribution in [0, 0.1) is 0 Å². The maximum absolute atomic E-state index is 12.0. The quantitative estimate of drug-likeness (QED) is 0.791. The fourth-order valence-corrected chi connectivity index (χ4v) is 1.59. The van der Waals surface area contributed by atoms with Gasteiger partial charge in [-0.15, -0.1) is 0 Å². The van der Waals surface area contributed by atoms with Crippen molar-refractivity contribution in [3.8, 4) is 0 Å². The third-order valence-corrected chi connectivity index (χ3v) is 2.47. The van der Waals surface area contributed by atoms with E-state index in [0.29, 0.717) is 17.1 Å². The Morgan fingerprint density at radius 2 is 2.27 bits per heavy atom. The second kappa shape index (κ2) is 5.71. The van der Waals surface area contributed by atoms with Gasteiger partial charge < -0.3 is 4.90 Å². The van der Waals surface area contributed by atoms with Gasteiger partial charge in [0.2, 0.25) is 0 Å². The first-order chi connectivity index (χ1) is 7.20. The molecule has 82 valence electrons. The normalized spacial score (nSPS) is 10.1. The minimum absolute atomic E-state index is 0.0215. The highest BCUT2D eigenvalue weighted by Crippen LogP contribution is 2.15. The number of hydrogen-bond donors (Lipinski definition) is 0. The van der Waals surface area contributed by atoms with Crippen LogP contribution in [0.1, 0.15) is 30.6 Å². The molecule has 0 N–H and O–H groups in total. The van der Waals surface area contributed by atoms with Crippen molar-refractivity contribution in [2.24, 2.45) is 0 Å². The molecule has 0 aliphatic rings. The second-order valence-corrected chi connectivity index (χ2v) is 3.65. The van der Waals surface area contributed by atoms with E-state index in [9.17, 15) is 4.79 Å². The van der Waals surface area contributed by atoms with E-state index in [4.69, 9.17) is 11.6 Å². The van der Waals surface area contributed by atoms with E-state index in [1.807, 2.05) is 13.8 Å². The predicted molar refractivity (Wildman–Crippen MR) is 61.1 cm³/mol. The van der Waals surface area contributed by atoms with E-state index in [-0.39, 0.29) is 5.91 Å². The van der Waals surface area contributed by atoms with Crippen LogP contribution in [-0.4, -0.2) is 28.9 Å². The summed E-state index contributed by atoms with van der Waals surface area (Å²) in [5.41, 5.74) is 0.530. The Bertz CT molecular complexity index is 341. The molecule has 0 fully saturated rings. The summed E-state index contributed by atoms with van der Waals surface area (Å²) in [6.45, 7) is 5.46. The van der Waals surface area contributed by atoms with Crippen LogP contribution in [0.25, 0.3) is 0 Å². The van der Waals surface area contributed by atoms with Crippen LogP contribution in [0.2, 0.25) is 5.02 Å². The van der Waals surface area contributed by atoms with Crippen molar-refractivity contribution in [3.05, 3.63) is 29.0 Å². The van der Waals surface area contributed by atoms with Crippen LogP contribution >= 0.6 is 11.6 Å². The lowest BCUT2D eigenvalue weighted by atomic mass is 10.2. The summed E-state index contributed by atoms with van der Waals surface area (Å²) in [5, 5.41) is 0.414. The number of halogens is 1. The minimum Gasteiger partial charge on any atom is -0.339 e. The topological polar surface area (TPSA) is 33.2 Å². The lowest BCUT2D eigenvalue weighted by molar-refractivity contribution is 0.0764. The molecule has 0 aromatic carbocycles. The summed E-state index contributed by atoms with van der Waals surface area (Å²) in [6, 6.07) is 1.66. The highest BCUT2D eigenvalue weighted by molar-refractivity contribution is 6.33. The summed E-state index contributed by atoms with van der Waals surface area (Å²) in [6.07, 6.45) is 4.02. The van der Waals surface area contributed by atoms with E-state index in [1.165, 1.54) is 6.20 Å². The largest absolute Gasteiger partial charge is 0.339 e. The number of carbonyl (C=O) groups excluding carboxylic acids is 1. The van der Waals surface area contributed by atoms with Crippen LogP contribution in [0.4, 0.5) is 0 Å². The Hall–Kier alpha value is -1.09. The molecule has 0 unspecified atom stereocenters. The van der Waals surface area contributed by atoms with Crippen molar-refractivity contribution in [1.82, 2.24) is 9.88 Å². The van der Waals surface area contributed by atoms with Crippen LogP contribution in [0.5, 0.6) is 0 Å². The molecule has 4 heteroatoms. The van der Waals surface area contributed by atoms with Gasteiger partial charge in [0.25, 0.3) is 5.91 Å². The highest BCUT2D eigenvalue weighted by Gasteiger charge is 2.15. The summed E-state index contributed by atoms with van der Waals surface area (Å²) in [4.78, 5) is 17.6. The fraction of sp³-hybridized carbons (Fsp3) is 0.455. The number of hydrogen-bond acceptors (Lipinski definition) is 2. The van der Waals surface area contributed by atoms with Crippen molar-refractivity contribution in [3.63, 3.8) is 0 Å². The number of carbonyl (C=O) groups is 1. The number of pyridine rings is 1. The van der Waals surface area contributed by atoms with Gasteiger partial charge in [-0.2, -0.15) is 0 Å². The number of nitrogens with zero attached hydrogens (tertiary/aromatic N) is 2. The van der Waals surface area contributed by atoms with Gasteiger partial charge >= 0.3 is 0 Å². The van der Waals surface area contributed by atoms with E-state index in [0.717, 1.165) is 13.0 Å². The molecule has 0 spiro atoms. The van der Waals surface area contributed by atoms with Gasteiger partial charge in [0.15, 0.2) is 0 Å². The first kappa shape index (κ1) is 12.0. The molecule has 0 atom stereocenters. The summed E-state index contributed by atoms with van der Waals surface area (Å²) in [7, 11) is 0. The zero-order chi connectivity index (χ0) is 11.3. The molecule has 1 aromatic rings. The standard InChI is InChI=1S/C11H15ClN2O/c1-3-7-14(4-2)11(15)9-5-6-13-8-10(9)12/h5-6,8H,3-4,7H2,1-2H3. The van der Waals surface area contributed by atoms with E-state index in [1.54, 1.807) is 17.2 Å². The SMILES string of the molecule is CCCN(CC)C(=O)c1ccncc1Cl. The Morgan fingerprint density at radius 1 is 1.53 bits per heavy atom. The fourth-order valence-electron chi connectivity index (χ4n) is 1.39. The third-order valence-electron chi connectivity index (χ3n) is 2.17. The van der Waals surface area contributed by atoms with Gasteiger partial charge in [-0.25, -0.2) is 0 Å². The van der Waals surface area contributed by atoms with Gasteiger partial charge in [0, 0.05) is 25.5 Å². The van der Waals surface area contributed by atoms with Gasteiger partial charge in [-0.1, -0.05) is 18.5 Å². The maximum atomic E-state index is 12.0. The molecule has 0 aliphatic carbocycles. The summed E-state index contributed by atoms with van der Waals surface area (Å²) in [5.74, 6) is -0.0215. The molecular weight excluding hydrogens is 212 g/mol. The molecular formula is C11H15ClN2O. The average Bonchev–Trinajstić information content (AvgIpc) is 2.25.